The van der Waals surface area contributed by atoms with Gasteiger partial charge >= 0.3 is 0 Å². The average Bonchev–Trinajstić information content (AvgIpc) is 3.06. The Morgan fingerprint density at radius 2 is 1.10 bits per heavy atom. The molecule has 5 aromatic carbocycles. The quantitative estimate of drug-likeness (QED) is 0.198. The SMILES string of the molecule is CC1(C)c2ccccc2N(c2cccc(-c3ccnc(P(=O)(c4ccccc4)c4ccccc4)c3)c2)c2ccccc21. The van der Waals surface area contributed by atoms with Gasteiger partial charge in [0.25, 0.3) is 0 Å². The van der Waals surface area contributed by atoms with Crippen LogP contribution in [0.1, 0.15) is 25.0 Å². The molecule has 0 unspecified atom stereocenters. The second-order valence-electron chi connectivity index (χ2n) is 11.2. The Balaban J connectivity index is 1.37. The van der Waals surface area contributed by atoms with Gasteiger partial charge in [0.05, 0.1) is 11.4 Å². The minimum absolute atomic E-state index is 0.114. The Kier molecular flexibility index (Phi) is 6.41. The third-order valence-corrected chi connectivity index (χ3v) is 11.3. The molecule has 4 heteroatoms. The maximum absolute atomic E-state index is 15.0. The van der Waals surface area contributed by atoms with E-state index in [0.717, 1.165) is 27.4 Å². The van der Waals surface area contributed by atoms with E-state index in [1.54, 1.807) is 6.20 Å². The summed E-state index contributed by atoms with van der Waals surface area (Å²) < 4.78 is 15.0. The van der Waals surface area contributed by atoms with Crippen LogP contribution in [0.2, 0.25) is 0 Å². The molecule has 0 saturated carbocycles. The smallest absolute Gasteiger partial charge is 0.188 e. The zero-order valence-electron chi connectivity index (χ0n) is 23.7. The van der Waals surface area contributed by atoms with Crippen LogP contribution >= 0.6 is 7.14 Å². The summed E-state index contributed by atoms with van der Waals surface area (Å²) in [6.45, 7) is 4.60. The van der Waals surface area contributed by atoms with Crippen LogP contribution in [0.5, 0.6) is 0 Å². The first-order valence-corrected chi connectivity index (χ1v) is 16.0. The first-order chi connectivity index (χ1) is 20.5. The number of pyridine rings is 1. The maximum Gasteiger partial charge on any atom is 0.188 e. The van der Waals surface area contributed by atoms with E-state index in [2.05, 4.69) is 91.5 Å². The molecule has 3 nitrogen and oxygen atoms in total. The van der Waals surface area contributed by atoms with Gasteiger partial charge in [-0.15, -0.1) is 0 Å². The number of para-hydroxylation sites is 2. The predicted octanol–water partition coefficient (Wildman–Crippen LogP) is 8.50. The summed E-state index contributed by atoms with van der Waals surface area (Å²) in [7, 11) is -3.19. The normalized spacial score (nSPS) is 13.7. The Hall–Kier alpha value is -4.72. The topological polar surface area (TPSA) is 33.2 Å². The molecule has 42 heavy (non-hydrogen) atoms. The first-order valence-electron chi connectivity index (χ1n) is 14.3. The van der Waals surface area contributed by atoms with Gasteiger partial charge < -0.3 is 9.46 Å². The molecule has 0 amide bonds. The van der Waals surface area contributed by atoms with Crippen molar-refractivity contribution in [3.8, 4) is 11.1 Å². The highest BCUT2D eigenvalue weighted by Crippen LogP contribution is 2.52. The molecule has 0 radical (unpaired) electrons. The number of aromatic nitrogens is 1. The van der Waals surface area contributed by atoms with Crippen molar-refractivity contribution < 1.29 is 4.57 Å². The molecular formula is C38H31N2OP. The Labute approximate surface area is 247 Å². The zero-order valence-corrected chi connectivity index (χ0v) is 24.6. The summed E-state index contributed by atoms with van der Waals surface area (Å²) in [6.07, 6.45) is 1.78. The van der Waals surface area contributed by atoms with Gasteiger partial charge in [-0.1, -0.05) is 123 Å². The van der Waals surface area contributed by atoms with E-state index in [4.69, 9.17) is 4.98 Å². The molecule has 1 aliphatic rings. The Bertz CT molecular complexity index is 1860. The van der Waals surface area contributed by atoms with Crippen LogP contribution in [0.15, 0.2) is 152 Å². The second kappa shape index (κ2) is 10.3. The van der Waals surface area contributed by atoms with Crippen molar-refractivity contribution in [3.63, 3.8) is 0 Å². The summed E-state index contributed by atoms with van der Waals surface area (Å²) in [5.41, 5.74) is 8.54. The lowest BCUT2D eigenvalue weighted by molar-refractivity contribution is 0.592. The molecule has 0 spiro atoms. The zero-order chi connectivity index (χ0) is 28.7. The monoisotopic (exact) mass is 562 g/mol. The van der Waals surface area contributed by atoms with Crippen LogP contribution in [-0.4, -0.2) is 4.98 Å². The largest absolute Gasteiger partial charge is 0.310 e. The van der Waals surface area contributed by atoms with Crippen molar-refractivity contribution in [1.29, 1.82) is 0 Å². The molecule has 0 atom stereocenters. The summed E-state index contributed by atoms with van der Waals surface area (Å²) >= 11 is 0. The minimum atomic E-state index is -3.19. The number of hydrogen-bond donors (Lipinski definition) is 0. The van der Waals surface area contributed by atoms with Crippen LogP contribution in [0.4, 0.5) is 17.1 Å². The Morgan fingerprint density at radius 3 is 1.69 bits per heavy atom. The summed E-state index contributed by atoms with van der Waals surface area (Å²) in [5.74, 6) is 0. The van der Waals surface area contributed by atoms with Crippen molar-refractivity contribution in [2.75, 3.05) is 4.90 Å². The standard InChI is InChI=1S/C38H31N2OP/c1-38(2)33-20-9-11-22-35(33)40(36-23-12-10-21-34(36)38)30-15-13-14-28(26-30)29-24-25-39-37(27-29)42(41,31-16-5-3-6-17-31)32-18-7-4-8-19-32/h3-27H,1-2H3. The highest BCUT2D eigenvalue weighted by Gasteiger charge is 2.36. The number of nitrogens with zero attached hydrogens (tertiary/aromatic N) is 2. The van der Waals surface area contributed by atoms with E-state index in [-0.39, 0.29) is 5.41 Å². The van der Waals surface area contributed by atoms with E-state index in [1.165, 1.54) is 22.5 Å². The second-order valence-corrected chi connectivity index (χ2v) is 13.9. The molecule has 6 aromatic rings. The van der Waals surface area contributed by atoms with Gasteiger partial charge in [-0.05, 0) is 58.7 Å². The minimum Gasteiger partial charge on any atom is -0.310 e. The maximum atomic E-state index is 15.0. The molecule has 0 aliphatic carbocycles. The van der Waals surface area contributed by atoms with Crippen LogP contribution < -0.4 is 20.9 Å². The van der Waals surface area contributed by atoms with Gasteiger partial charge in [-0.2, -0.15) is 0 Å². The van der Waals surface area contributed by atoms with E-state index < -0.39 is 7.14 Å². The van der Waals surface area contributed by atoms with Crippen molar-refractivity contribution in [2.45, 2.75) is 19.3 Å². The van der Waals surface area contributed by atoms with Crippen molar-refractivity contribution in [3.05, 3.63) is 163 Å². The third-order valence-electron chi connectivity index (χ3n) is 8.38. The fraction of sp³-hybridized carbons (Fsp3) is 0.0789. The molecule has 0 saturated heterocycles. The lowest BCUT2D eigenvalue weighted by Gasteiger charge is -2.42. The van der Waals surface area contributed by atoms with Gasteiger partial charge in [0, 0.05) is 27.9 Å². The molecule has 7 rings (SSSR count). The van der Waals surface area contributed by atoms with Crippen LogP contribution in [0, 0.1) is 0 Å². The van der Waals surface area contributed by atoms with Crippen LogP contribution in [-0.2, 0) is 9.98 Å². The highest BCUT2D eigenvalue weighted by molar-refractivity contribution is 7.85. The summed E-state index contributed by atoms with van der Waals surface area (Å²) in [5, 5.41) is 1.55. The van der Waals surface area contributed by atoms with E-state index in [1.807, 2.05) is 72.8 Å². The molecule has 1 aliphatic heterocycles. The van der Waals surface area contributed by atoms with Crippen molar-refractivity contribution in [2.24, 2.45) is 0 Å². The number of rotatable bonds is 5. The molecule has 2 heterocycles. The molecule has 0 fully saturated rings. The van der Waals surface area contributed by atoms with Gasteiger partial charge in [0.1, 0.15) is 5.44 Å². The fourth-order valence-electron chi connectivity index (χ4n) is 6.23. The van der Waals surface area contributed by atoms with Crippen LogP contribution in [0.3, 0.4) is 0 Å². The van der Waals surface area contributed by atoms with Crippen molar-refractivity contribution in [1.82, 2.24) is 4.98 Å². The molecule has 204 valence electrons. The van der Waals surface area contributed by atoms with Gasteiger partial charge in [0.15, 0.2) is 7.14 Å². The molecular weight excluding hydrogens is 531 g/mol. The van der Waals surface area contributed by atoms with Crippen LogP contribution in [0.25, 0.3) is 11.1 Å². The predicted molar refractivity (Wildman–Crippen MR) is 176 cm³/mol. The molecule has 0 bridgehead atoms. The van der Waals surface area contributed by atoms with Crippen molar-refractivity contribution >= 4 is 40.2 Å². The van der Waals surface area contributed by atoms with Gasteiger partial charge in [-0.25, -0.2) is 0 Å². The highest BCUT2D eigenvalue weighted by atomic mass is 31.2. The summed E-state index contributed by atoms with van der Waals surface area (Å²) in [4.78, 5) is 7.07. The Morgan fingerprint density at radius 1 is 0.571 bits per heavy atom. The fourth-order valence-corrected chi connectivity index (χ4v) is 8.79. The summed E-state index contributed by atoms with van der Waals surface area (Å²) in [6, 6.07) is 49.4. The average molecular weight is 563 g/mol. The van der Waals surface area contributed by atoms with Gasteiger partial charge in [-0.3, -0.25) is 4.98 Å². The van der Waals surface area contributed by atoms with Gasteiger partial charge in [0.2, 0.25) is 0 Å². The number of benzene rings is 5. The molecule has 1 aromatic heterocycles. The molecule has 0 N–H and O–H groups in total. The van der Waals surface area contributed by atoms with E-state index >= 15 is 0 Å². The van der Waals surface area contributed by atoms with E-state index in [0.29, 0.717) is 5.44 Å². The number of anilines is 3. The lowest BCUT2D eigenvalue weighted by atomic mass is 9.73. The lowest BCUT2D eigenvalue weighted by Crippen LogP contribution is -2.30. The first kappa shape index (κ1) is 26.2. The third kappa shape index (κ3) is 4.21. The van der Waals surface area contributed by atoms with E-state index in [9.17, 15) is 4.57 Å². The number of hydrogen-bond acceptors (Lipinski definition) is 3. The number of fused-ring (bicyclic) bond motifs is 2.